The number of hydrogen-bond acceptors (Lipinski definition) is 2. The molecule has 1 aliphatic carbocycles. The summed E-state index contributed by atoms with van der Waals surface area (Å²) in [5, 5.41) is 14.3. The standard InChI is InChI=1S/C16H14BrCl2NO/c17-10-6-13(18)16(14(19)7-10)20-15-3-1-2-9-4-5-11(21)8-12(9)15/h4-8,15,20-21H,1-3H2. The number of benzene rings is 2. The van der Waals surface area contributed by atoms with E-state index < -0.39 is 0 Å². The Labute approximate surface area is 142 Å². The van der Waals surface area contributed by atoms with Crippen LogP contribution in [-0.4, -0.2) is 5.11 Å². The van der Waals surface area contributed by atoms with Gasteiger partial charge in [0.2, 0.25) is 0 Å². The molecule has 0 amide bonds. The fourth-order valence-corrected chi connectivity index (χ4v) is 4.11. The molecule has 0 bridgehead atoms. The Morgan fingerprint density at radius 1 is 1.14 bits per heavy atom. The Bertz CT molecular complexity index is 667. The summed E-state index contributed by atoms with van der Waals surface area (Å²) in [7, 11) is 0. The smallest absolute Gasteiger partial charge is 0.115 e. The quantitative estimate of drug-likeness (QED) is 0.668. The van der Waals surface area contributed by atoms with Crippen LogP contribution in [0.15, 0.2) is 34.8 Å². The summed E-state index contributed by atoms with van der Waals surface area (Å²) in [6, 6.07) is 9.30. The molecule has 0 radical (unpaired) electrons. The van der Waals surface area contributed by atoms with E-state index in [0.29, 0.717) is 10.0 Å². The molecule has 2 aromatic rings. The third-order valence-corrected chi connectivity index (χ3v) is 4.82. The summed E-state index contributed by atoms with van der Waals surface area (Å²) in [5.41, 5.74) is 3.12. The van der Waals surface area contributed by atoms with Gasteiger partial charge in [-0.15, -0.1) is 0 Å². The first-order valence-electron chi connectivity index (χ1n) is 6.77. The molecular formula is C16H14BrCl2NO. The number of nitrogens with one attached hydrogen (secondary N) is 1. The lowest BCUT2D eigenvalue weighted by Gasteiger charge is -2.28. The summed E-state index contributed by atoms with van der Waals surface area (Å²) < 4.78 is 0.852. The van der Waals surface area contributed by atoms with Gasteiger partial charge in [0, 0.05) is 4.47 Å². The van der Waals surface area contributed by atoms with Gasteiger partial charge in [0.25, 0.3) is 0 Å². The highest BCUT2D eigenvalue weighted by atomic mass is 79.9. The van der Waals surface area contributed by atoms with Crippen molar-refractivity contribution in [3.63, 3.8) is 0 Å². The van der Waals surface area contributed by atoms with E-state index in [1.807, 2.05) is 24.3 Å². The Balaban J connectivity index is 1.96. The predicted octanol–water partition coefficient (Wildman–Crippen LogP) is 5.95. The van der Waals surface area contributed by atoms with Gasteiger partial charge >= 0.3 is 0 Å². The van der Waals surface area contributed by atoms with Gasteiger partial charge in [0.15, 0.2) is 0 Å². The number of aromatic hydroxyl groups is 1. The van der Waals surface area contributed by atoms with E-state index in [-0.39, 0.29) is 11.8 Å². The second-order valence-corrected chi connectivity index (χ2v) is 6.95. The molecule has 0 heterocycles. The second-order valence-electron chi connectivity index (χ2n) is 5.22. The molecule has 1 aliphatic rings. The minimum atomic E-state index is 0.108. The summed E-state index contributed by atoms with van der Waals surface area (Å²) >= 11 is 16.0. The molecule has 0 spiro atoms. The van der Waals surface area contributed by atoms with Crippen LogP contribution in [0.3, 0.4) is 0 Å². The maximum atomic E-state index is 9.73. The topological polar surface area (TPSA) is 32.3 Å². The van der Waals surface area contributed by atoms with Gasteiger partial charge in [-0.25, -0.2) is 0 Å². The van der Waals surface area contributed by atoms with Crippen molar-refractivity contribution in [2.75, 3.05) is 5.32 Å². The summed E-state index contributed by atoms with van der Waals surface area (Å²) in [5.74, 6) is 0.287. The Morgan fingerprint density at radius 2 is 1.86 bits per heavy atom. The summed E-state index contributed by atoms with van der Waals surface area (Å²) in [4.78, 5) is 0. The fraction of sp³-hybridized carbons (Fsp3) is 0.250. The van der Waals surface area contributed by atoms with Gasteiger partial charge in [-0.3, -0.25) is 0 Å². The van der Waals surface area contributed by atoms with Gasteiger partial charge in [0.05, 0.1) is 21.8 Å². The number of fused-ring (bicyclic) bond motifs is 1. The van der Waals surface area contributed by atoms with Crippen LogP contribution >= 0.6 is 39.1 Å². The Hall–Kier alpha value is -0.900. The van der Waals surface area contributed by atoms with Crippen LogP contribution in [0, 0.1) is 0 Å². The van der Waals surface area contributed by atoms with Crippen LogP contribution in [0.2, 0.25) is 10.0 Å². The lowest BCUT2D eigenvalue weighted by molar-refractivity contribution is 0.471. The van der Waals surface area contributed by atoms with Crippen molar-refractivity contribution in [3.05, 3.63) is 56.0 Å². The molecule has 21 heavy (non-hydrogen) atoms. The minimum Gasteiger partial charge on any atom is -0.508 e. The highest BCUT2D eigenvalue weighted by molar-refractivity contribution is 9.10. The number of phenolic OH excluding ortho intramolecular Hbond substituents is 1. The van der Waals surface area contributed by atoms with Crippen molar-refractivity contribution in [3.8, 4) is 5.75 Å². The van der Waals surface area contributed by atoms with Crippen LogP contribution in [0.5, 0.6) is 5.75 Å². The van der Waals surface area contributed by atoms with Crippen LogP contribution in [0.4, 0.5) is 5.69 Å². The van der Waals surface area contributed by atoms with Crippen molar-refractivity contribution in [1.82, 2.24) is 0 Å². The second kappa shape index (κ2) is 6.07. The summed E-state index contributed by atoms with van der Waals surface area (Å²) in [6.07, 6.45) is 3.12. The molecule has 1 atom stereocenters. The molecule has 0 fully saturated rings. The van der Waals surface area contributed by atoms with Crippen molar-refractivity contribution in [2.45, 2.75) is 25.3 Å². The SMILES string of the molecule is Oc1ccc2c(c1)C(Nc1c(Cl)cc(Br)cc1Cl)CCC2. The molecule has 2 nitrogen and oxygen atoms in total. The molecule has 0 saturated heterocycles. The number of aryl methyl sites for hydroxylation is 1. The molecular weight excluding hydrogens is 373 g/mol. The van der Waals surface area contributed by atoms with E-state index in [2.05, 4.69) is 21.2 Å². The number of phenols is 1. The first-order valence-corrected chi connectivity index (χ1v) is 8.32. The van der Waals surface area contributed by atoms with Crippen molar-refractivity contribution < 1.29 is 5.11 Å². The van der Waals surface area contributed by atoms with Crippen LogP contribution in [-0.2, 0) is 6.42 Å². The fourth-order valence-electron chi connectivity index (χ4n) is 2.79. The maximum Gasteiger partial charge on any atom is 0.115 e. The van der Waals surface area contributed by atoms with E-state index in [4.69, 9.17) is 23.2 Å². The molecule has 5 heteroatoms. The number of hydrogen-bond donors (Lipinski definition) is 2. The lowest BCUT2D eigenvalue weighted by Crippen LogP contribution is -2.17. The first kappa shape index (κ1) is 15.0. The van der Waals surface area contributed by atoms with E-state index >= 15 is 0 Å². The molecule has 2 N–H and O–H groups in total. The Morgan fingerprint density at radius 3 is 2.57 bits per heavy atom. The first-order chi connectivity index (χ1) is 10.0. The average Bonchev–Trinajstić information content (AvgIpc) is 2.43. The van der Waals surface area contributed by atoms with Gasteiger partial charge in [-0.1, -0.05) is 45.2 Å². The molecule has 0 aliphatic heterocycles. The predicted molar refractivity (Wildman–Crippen MR) is 91.6 cm³/mol. The third kappa shape index (κ3) is 3.15. The zero-order valence-electron chi connectivity index (χ0n) is 11.2. The van der Waals surface area contributed by atoms with Gasteiger partial charge in [-0.05, 0) is 54.7 Å². The molecule has 2 aromatic carbocycles. The van der Waals surface area contributed by atoms with E-state index in [1.165, 1.54) is 5.56 Å². The highest BCUT2D eigenvalue weighted by Crippen LogP contribution is 2.40. The van der Waals surface area contributed by atoms with Gasteiger partial charge in [-0.2, -0.15) is 0 Å². The number of anilines is 1. The van der Waals surface area contributed by atoms with Gasteiger partial charge < -0.3 is 10.4 Å². The van der Waals surface area contributed by atoms with Gasteiger partial charge in [0.1, 0.15) is 5.75 Å². The van der Waals surface area contributed by atoms with E-state index in [0.717, 1.165) is 35.0 Å². The third-order valence-electron chi connectivity index (χ3n) is 3.77. The Kier molecular flexibility index (Phi) is 4.34. The van der Waals surface area contributed by atoms with Crippen molar-refractivity contribution in [1.29, 1.82) is 0 Å². The molecule has 3 rings (SSSR count). The average molecular weight is 387 g/mol. The molecule has 0 saturated carbocycles. The normalized spacial score (nSPS) is 17.4. The number of halogens is 3. The molecule has 1 unspecified atom stereocenters. The lowest BCUT2D eigenvalue weighted by atomic mass is 9.87. The van der Waals surface area contributed by atoms with Crippen LogP contribution in [0.25, 0.3) is 0 Å². The van der Waals surface area contributed by atoms with Crippen molar-refractivity contribution in [2.24, 2.45) is 0 Å². The minimum absolute atomic E-state index is 0.108. The van der Waals surface area contributed by atoms with Crippen molar-refractivity contribution >= 4 is 44.8 Å². The monoisotopic (exact) mass is 385 g/mol. The largest absolute Gasteiger partial charge is 0.508 e. The highest BCUT2D eigenvalue weighted by Gasteiger charge is 2.22. The number of rotatable bonds is 2. The van der Waals surface area contributed by atoms with Crippen LogP contribution in [0.1, 0.15) is 30.0 Å². The molecule has 0 aromatic heterocycles. The van der Waals surface area contributed by atoms with E-state index in [1.54, 1.807) is 6.07 Å². The summed E-state index contributed by atoms with van der Waals surface area (Å²) in [6.45, 7) is 0. The zero-order chi connectivity index (χ0) is 15.0. The zero-order valence-corrected chi connectivity index (χ0v) is 14.3. The van der Waals surface area contributed by atoms with Crippen LogP contribution < -0.4 is 5.32 Å². The van der Waals surface area contributed by atoms with E-state index in [9.17, 15) is 5.11 Å². The molecule has 110 valence electrons. The maximum absolute atomic E-state index is 9.73.